The van der Waals surface area contributed by atoms with Gasteiger partial charge in [-0.1, -0.05) is 18.2 Å². The second-order valence-corrected chi connectivity index (χ2v) is 9.97. The summed E-state index contributed by atoms with van der Waals surface area (Å²) in [5.41, 5.74) is 7.54. The van der Waals surface area contributed by atoms with Crippen LogP contribution in [0.1, 0.15) is 33.6 Å². The molecule has 2 aromatic rings. The lowest BCUT2D eigenvalue weighted by atomic mass is 10.1. The number of fused-ring (bicyclic) bond motifs is 1. The van der Waals surface area contributed by atoms with Gasteiger partial charge in [0.25, 0.3) is 0 Å². The molecule has 0 radical (unpaired) electrons. The Labute approximate surface area is 177 Å². The highest BCUT2D eigenvalue weighted by molar-refractivity contribution is 7.88. The molecule has 1 atom stereocenters. The molecule has 166 valence electrons. The maximum atomic E-state index is 11.8. The summed E-state index contributed by atoms with van der Waals surface area (Å²) in [6.07, 6.45) is 3.42. The Hall–Kier alpha value is -2.59. The van der Waals surface area contributed by atoms with Crippen molar-refractivity contribution in [2.75, 3.05) is 30.4 Å². The van der Waals surface area contributed by atoms with Crippen LogP contribution in [0.3, 0.4) is 0 Å². The first-order valence-corrected chi connectivity index (χ1v) is 11.6. The molecule has 0 spiro atoms. The lowest BCUT2D eigenvalue weighted by Gasteiger charge is -2.23. The highest BCUT2D eigenvalue weighted by Gasteiger charge is 2.17. The number of benzene rings is 1. The van der Waals surface area contributed by atoms with Crippen LogP contribution in [0.4, 0.5) is 16.2 Å². The third kappa shape index (κ3) is 8.03. The van der Waals surface area contributed by atoms with Crippen LogP contribution in [0.2, 0.25) is 0 Å². The van der Waals surface area contributed by atoms with Gasteiger partial charge in [0.05, 0.1) is 29.3 Å². The second-order valence-electron chi connectivity index (χ2n) is 8.14. The molecular formula is C20H31N5O4S. The Bertz CT molecular complexity index is 973. The minimum atomic E-state index is -3.35. The lowest BCUT2D eigenvalue weighted by molar-refractivity contribution is 0.0527. The van der Waals surface area contributed by atoms with Crippen LogP contribution < -0.4 is 21.1 Å². The van der Waals surface area contributed by atoms with Crippen LogP contribution in [0.15, 0.2) is 30.5 Å². The molecule has 10 heteroatoms. The third-order valence-electron chi connectivity index (χ3n) is 4.14. The number of hydrogen-bond acceptors (Lipinski definition) is 7. The fourth-order valence-corrected chi connectivity index (χ4v) is 3.36. The fraction of sp³-hybridized carbons (Fsp3) is 0.500. The van der Waals surface area contributed by atoms with Crippen LogP contribution in [0.25, 0.3) is 10.9 Å². The van der Waals surface area contributed by atoms with Crippen LogP contribution in [-0.2, 0) is 14.8 Å². The summed E-state index contributed by atoms with van der Waals surface area (Å²) in [6, 6.07) is 7.33. The van der Waals surface area contributed by atoms with Crippen molar-refractivity contribution in [3.63, 3.8) is 0 Å². The Balaban J connectivity index is 2.05. The molecule has 0 fully saturated rings. The van der Waals surface area contributed by atoms with E-state index in [9.17, 15) is 13.2 Å². The highest BCUT2D eigenvalue weighted by atomic mass is 32.2. The summed E-state index contributed by atoms with van der Waals surface area (Å²) < 4.78 is 30.9. The van der Waals surface area contributed by atoms with Gasteiger partial charge in [-0.3, -0.25) is 4.98 Å². The molecule has 1 aromatic carbocycles. The van der Waals surface area contributed by atoms with E-state index < -0.39 is 21.7 Å². The lowest BCUT2D eigenvalue weighted by Crippen LogP contribution is -2.37. The van der Waals surface area contributed by atoms with Gasteiger partial charge in [-0.05, 0) is 39.7 Å². The van der Waals surface area contributed by atoms with E-state index in [-0.39, 0.29) is 12.6 Å². The van der Waals surface area contributed by atoms with Crippen molar-refractivity contribution >= 4 is 38.4 Å². The van der Waals surface area contributed by atoms with Gasteiger partial charge >= 0.3 is 6.09 Å². The average Bonchev–Trinajstić information content (AvgIpc) is 2.62. The smallest absolute Gasteiger partial charge is 0.407 e. The standard InChI is InChI=1S/C20H31N5O4S/c1-20(2,3)29-19(26)22-11-7-8-14(12-24-30(4,27)28)25-18-15-9-5-6-10-17(15)23-13-16(18)21/h5-6,9-10,13-14,24H,7-8,11-12,21H2,1-4H3,(H,22,26)(H,23,25)/t14-/m0/s1. The molecule has 0 saturated heterocycles. The maximum absolute atomic E-state index is 11.8. The molecule has 0 saturated carbocycles. The van der Waals surface area contributed by atoms with E-state index >= 15 is 0 Å². The number of nitrogens with zero attached hydrogens (tertiary/aromatic N) is 1. The van der Waals surface area contributed by atoms with Gasteiger partial charge in [-0.25, -0.2) is 17.9 Å². The van der Waals surface area contributed by atoms with Gasteiger partial charge in [0, 0.05) is 24.5 Å². The summed E-state index contributed by atoms with van der Waals surface area (Å²) in [5.74, 6) is 0. The molecule has 2 rings (SSSR count). The number of pyridine rings is 1. The normalized spacial score (nSPS) is 13.1. The number of carbonyl (C=O) groups is 1. The Morgan fingerprint density at radius 3 is 2.63 bits per heavy atom. The van der Waals surface area contributed by atoms with Crippen molar-refractivity contribution in [3.8, 4) is 0 Å². The second kappa shape index (κ2) is 9.94. The van der Waals surface area contributed by atoms with E-state index in [1.165, 1.54) is 0 Å². The van der Waals surface area contributed by atoms with Crippen LogP contribution in [0, 0.1) is 0 Å². The van der Waals surface area contributed by atoms with E-state index in [1.54, 1.807) is 27.0 Å². The SMILES string of the molecule is CC(C)(C)OC(=O)NCCC[C@@H](CNS(C)(=O)=O)Nc1c(N)cnc2ccccc12. The minimum Gasteiger partial charge on any atom is -0.444 e. The number of nitrogens with one attached hydrogen (secondary N) is 3. The van der Waals surface area contributed by atoms with Crippen molar-refractivity contribution in [2.45, 2.75) is 45.3 Å². The summed E-state index contributed by atoms with van der Waals surface area (Å²) in [6.45, 7) is 5.98. The molecule has 1 aromatic heterocycles. The molecule has 1 amide bonds. The quantitative estimate of drug-likeness (QED) is 0.442. The van der Waals surface area contributed by atoms with Crippen LogP contribution in [-0.4, -0.2) is 50.5 Å². The van der Waals surface area contributed by atoms with Gasteiger partial charge in [0.1, 0.15) is 5.60 Å². The number of hydrogen-bond donors (Lipinski definition) is 4. The number of sulfonamides is 1. The maximum Gasteiger partial charge on any atom is 0.407 e. The molecule has 30 heavy (non-hydrogen) atoms. The van der Waals surface area contributed by atoms with Crippen molar-refractivity contribution in [1.82, 2.24) is 15.0 Å². The first-order chi connectivity index (χ1) is 13.9. The number of amides is 1. The molecular weight excluding hydrogens is 406 g/mol. The summed E-state index contributed by atoms with van der Waals surface area (Å²) in [5, 5.41) is 6.92. The van der Waals surface area contributed by atoms with Crippen molar-refractivity contribution < 1.29 is 17.9 Å². The zero-order valence-electron chi connectivity index (χ0n) is 17.9. The highest BCUT2D eigenvalue weighted by Crippen LogP contribution is 2.28. The summed E-state index contributed by atoms with van der Waals surface area (Å²) >= 11 is 0. The number of carbonyl (C=O) groups excluding carboxylic acids is 1. The van der Waals surface area contributed by atoms with Crippen LogP contribution >= 0.6 is 0 Å². The van der Waals surface area contributed by atoms with Crippen molar-refractivity contribution in [3.05, 3.63) is 30.5 Å². The predicted octanol–water partition coefficient (Wildman–Crippen LogP) is 2.45. The summed E-state index contributed by atoms with van der Waals surface area (Å²) in [4.78, 5) is 16.1. The minimum absolute atomic E-state index is 0.182. The number of alkyl carbamates (subject to hydrolysis) is 1. The van der Waals surface area contributed by atoms with E-state index in [2.05, 4.69) is 20.3 Å². The molecule has 1 heterocycles. The molecule has 9 nitrogen and oxygen atoms in total. The number of nitrogens with two attached hydrogens (primary N) is 1. The fourth-order valence-electron chi connectivity index (χ4n) is 2.85. The summed E-state index contributed by atoms with van der Waals surface area (Å²) in [7, 11) is -3.35. The van der Waals surface area contributed by atoms with Gasteiger partial charge < -0.3 is 21.1 Å². The number of nitrogen functional groups attached to an aromatic ring is 1. The molecule has 5 N–H and O–H groups in total. The van der Waals surface area contributed by atoms with E-state index in [1.807, 2.05) is 24.3 Å². The number of rotatable bonds is 9. The Kier molecular flexibility index (Phi) is 7.85. The van der Waals surface area contributed by atoms with Crippen molar-refractivity contribution in [1.29, 1.82) is 0 Å². The topological polar surface area (TPSA) is 135 Å². The molecule has 0 aliphatic rings. The van der Waals surface area contributed by atoms with Gasteiger partial charge in [-0.15, -0.1) is 0 Å². The van der Waals surface area contributed by atoms with Gasteiger partial charge in [0.2, 0.25) is 10.0 Å². The van der Waals surface area contributed by atoms with Gasteiger partial charge in [-0.2, -0.15) is 0 Å². The number of aromatic nitrogens is 1. The Morgan fingerprint density at radius 2 is 1.97 bits per heavy atom. The molecule has 0 unspecified atom stereocenters. The number of ether oxygens (including phenoxy) is 1. The monoisotopic (exact) mass is 437 g/mol. The predicted molar refractivity (Wildman–Crippen MR) is 120 cm³/mol. The molecule has 0 aliphatic heterocycles. The van der Waals surface area contributed by atoms with E-state index in [0.717, 1.165) is 17.2 Å². The number of anilines is 2. The number of para-hydroxylation sites is 1. The average molecular weight is 438 g/mol. The first-order valence-electron chi connectivity index (χ1n) is 9.76. The van der Waals surface area contributed by atoms with Crippen LogP contribution in [0.5, 0.6) is 0 Å². The zero-order valence-corrected chi connectivity index (χ0v) is 18.7. The Morgan fingerprint density at radius 1 is 1.27 bits per heavy atom. The van der Waals surface area contributed by atoms with E-state index in [4.69, 9.17) is 10.5 Å². The van der Waals surface area contributed by atoms with E-state index in [0.29, 0.717) is 30.8 Å². The largest absolute Gasteiger partial charge is 0.444 e. The first kappa shape index (κ1) is 23.7. The molecule has 0 aliphatic carbocycles. The van der Waals surface area contributed by atoms with Gasteiger partial charge in [0.15, 0.2) is 0 Å². The third-order valence-corrected chi connectivity index (χ3v) is 4.83. The molecule has 0 bridgehead atoms. The zero-order chi connectivity index (χ0) is 22.4. The van der Waals surface area contributed by atoms with Crippen molar-refractivity contribution in [2.24, 2.45) is 0 Å².